The Morgan fingerprint density at radius 1 is 1.25 bits per heavy atom. The standard InChI is InChI=1S/C21H29N3/c1-6-8-9-12-19(3)16-24(17-20(4)23(5)15-7-2)18-21-13-10-11-14-22-21/h6-15H,1,4,16-18H2,2-3,5H3/b9-8-,15-7-,19-12+. The predicted molar refractivity (Wildman–Crippen MR) is 104 cm³/mol. The van der Waals surface area contributed by atoms with Crippen LogP contribution in [0.3, 0.4) is 0 Å². The van der Waals surface area contributed by atoms with Gasteiger partial charge in [0.25, 0.3) is 0 Å². The van der Waals surface area contributed by atoms with Crippen LogP contribution in [0.5, 0.6) is 0 Å². The minimum Gasteiger partial charge on any atom is -0.354 e. The van der Waals surface area contributed by atoms with Gasteiger partial charge in [-0.1, -0.05) is 55.2 Å². The van der Waals surface area contributed by atoms with Crippen LogP contribution < -0.4 is 0 Å². The molecule has 1 aromatic heterocycles. The van der Waals surface area contributed by atoms with Gasteiger partial charge in [0, 0.05) is 38.6 Å². The summed E-state index contributed by atoms with van der Waals surface area (Å²) in [5.74, 6) is 0. The van der Waals surface area contributed by atoms with Gasteiger partial charge in [-0.15, -0.1) is 0 Å². The molecule has 3 heteroatoms. The molecule has 0 radical (unpaired) electrons. The fraction of sp³-hybridized carbons (Fsp3) is 0.286. The zero-order valence-corrected chi connectivity index (χ0v) is 15.2. The van der Waals surface area contributed by atoms with E-state index in [4.69, 9.17) is 0 Å². The van der Waals surface area contributed by atoms with E-state index in [9.17, 15) is 0 Å². The van der Waals surface area contributed by atoms with Gasteiger partial charge in [0.2, 0.25) is 0 Å². The Morgan fingerprint density at radius 3 is 2.67 bits per heavy atom. The van der Waals surface area contributed by atoms with Crippen molar-refractivity contribution in [3.63, 3.8) is 0 Å². The third-order valence-electron chi connectivity index (χ3n) is 3.49. The van der Waals surface area contributed by atoms with Crippen LogP contribution in [-0.2, 0) is 6.54 Å². The normalized spacial score (nSPS) is 12.2. The number of pyridine rings is 1. The fourth-order valence-electron chi connectivity index (χ4n) is 2.29. The lowest BCUT2D eigenvalue weighted by atomic mass is 10.2. The number of rotatable bonds is 10. The van der Waals surface area contributed by atoms with Crippen LogP contribution in [0.1, 0.15) is 19.5 Å². The second kappa shape index (κ2) is 11.2. The van der Waals surface area contributed by atoms with Crippen molar-refractivity contribution in [3.8, 4) is 0 Å². The molecule has 0 fully saturated rings. The molecule has 0 aromatic carbocycles. The fourth-order valence-corrected chi connectivity index (χ4v) is 2.29. The molecule has 0 saturated carbocycles. The summed E-state index contributed by atoms with van der Waals surface area (Å²) in [6.45, 7) is 14.5. The molecular weight excluding hydrogens is 294 g/mol. The van der Waals surface area contributed by atoms with Crippen molar-refractivity contribution in [1.29, 1.82) is 0 Å². The molecule has 0 aliphatic rings. The Kier molecular flexibility index (Phi) is 9.17. The summed E-state index contributed by atoms with van der Waals surface area (Å²) in [6.07, 6.45) is 13.7. The van der Waals surface area contributed by atoms with E-state index in [0.29, 0.717) is 0 Å². The van der Waals surface area contributed by atoms with Crippen LogP contribution >= 0.6 is 0 Å². The average molecular weight is 323 g/mol. The van der Waals surface area contributed by atoms with E-state index in [-0.39, 0.29) is 0 Å². The summed E-state index contributed by atoms with van der Waals surface area (Å²) in [7, 11) is 2.02. The molecule has 0 N–H and O–H groups in total. The summed E-state index contributed by atoms with van der Waals surface area (Å²) in [4.78, 5) is 8.85. The van der Waals surface area contributed by atoms with Gasteiger partial charge in [0.1, 0.15) is 0 Å². The molecule has 0 saturated heterocycles. The number of aromatic nitrogens is 1. The average Bonchev–Trinajstić information content (AvgIpc) is 2.56. The quantitative estimate of drug-likeness (QED) is 0.589. The third kappa shape index (κ3) is 7.75. The highest BCUT2D eigenvalue weighted by Crippen LogP contribution is 2.10. The topological polar surface area (TPSA) is 19.4 Å². The molecule has 0 bridgehead atoms. The van der Waals surface area contributed by atoms with Crippen LogP contribution in [-0.4, -0.2) is 34.9 Å². The van der Waals surface area contributed by atoms with Gasteiger partial charge in [-0.25, -0.2) is 0 Å². The second-order valence-corrected chi connectivity index (χ2v) is 5.76. The molecule has 1 rings (SSSR count). The summed E-state index contributed by atoms with van der Waals surface area (Å²) in [5.41, 5.74) is 3.40. The molecule has 3 nitrogen and oxygen atoms in total. The largest absolute Gasteiger partial charge is 0.354 e. The molecule has 0 spiro atoms. The highest BCUT2D eigenvalue weighted by atomic mass is 15.2. The first-order valence-corrected chi connectivity index (χ1v) is 8.17. The van der Waals surface area contributed by atoms with Crippen molar-refractivity contribution >= 4 is 0 Å². The van der Waals surface area contributed by atoms with Crippen LogP contribution in [0.25, 0.3) is 0 Å². The Hall–Kier alpha value is -2.39. The van der Waals surface area contributed by atoms with E-state index in [1.807, 2.05) is 56.7 Å². The van der Waals surface area contributed by atoms with E-state index in [0.717, 1.165) is 31.0 Å². The second-order valence-electron chi connectivity index (χ2n) is 5.76. The SMILES string of the molecule is C=C/C=C\C=C(/C)CN(CC(=C)N(C)/C=C\C)Cc1ccccn1. The van der Waals surface area contributed by atoms with E-state index < -0.39 is 0 Å². The number of hydrogen-bond donors (Lipinski definition) is 0. The van der Waals surface area contributed by atoms with E-state index >= 15 is 0 Å². The summed E-state index contributed by atoms with van der Waals surface area (Å²) in [5, 5.41) is 0. The van der Waals surface area contributed by atoms with Gasteiger partial charge < -0.3 is 4.90 Å². The highest BCUT2D eigenvalue weighted by molar-refractivity contribution is 5.16. The molecule has 0 atom stereocenters. The summed E-state index contributed by atoms with van der Waals surface area (Å²) < 4.78 is 0. The first-order chi connectivity index (χ1) is 11.6. The van der Waals surface area contributed by atoms with Crippen molar-refractivity contribution in [3.05, 3.63) is 91.1 Å². The number of allylic oxidation sites excluding steroid dienone is 5. The maximum absolute atomic E-state index is 4.44. The van der Waals surface area contributed by atoms with Crippen LogP contribution in [0, 0.1) is 0 Å². The first kappa shape index (κ1) is 19.7. The zero-order chi connectivity index (χ0) is 17.8. The maximum atomic E-state index is 4.44. The molecule has 0 aliphatic heterocycles. The van der Waals surface area contributed by atoms with Crippen molar-refractivity contribution in [2.75, 3.05) is 20.1 Å². The molecule has 1 aromatic rings. The molecular formula is C21H29N3. The Bertz CT molecular complexity index is 597. The van der Waals surface area contributed by atoms with Crippen LogP contribution in [0.15, 0.2) is 85.4 Å². The maximum Gasteiger partial charge on any atom is 0.0544 e. The molecule has 1 heterocycles. The van der Waals surface area contributed by atoms with E-state index in [1.165, 1.54) is 5.57 Å². The van der Waals surface area contributed by atoms with Gasteiger partial charge in [0.15, 0.2) is 0 Å². The van der Waals surface area contributed by atoms with Crippen molar-refractivity contribution < 1.29 is 0 Å². The van der Waals surface area contributed by atoms with Crippen molar-refractivity contribution in [2.24, 2.45) is 0 Å². The first-order valence-electron chi connectivity index (χ1n) is 8.17. The van der Waals surface area contributed by atoms with Gasteiger partial charge in [0.05, 0.1) is 5.69 Å². The van der Waals surface area contributed by atoms with Gasteiger partial charge in [-0.05, 0) is 32.2 Å². The number of likely N-dealkylation sites (N-methyl/N-ethyl adjacent to an activating group) is 1. The summed E-state index contributed by atoms with van der Waals surface area (Å²) >= 11 is 0. The Labute approximate surface area is 147 Å². The van der Waals surface area contributed by atoms with E-state index in [1.54, 1.807) is 6.08 Å². The third-order valence-corrected chi connectivity index (χ3v) is 3.49. The van der Waals surface area contributed by atoms with Crippen LogP contribution in [0.2, 0.25) is 0 Å². The number of hydrogen-bond acceptors (Lipinski definition) is 3. The van der Waals surface area contributed by atoms with Gasteiger partial charge >= 0.3 is 0 Å². The van der Waals surface area contributed by atoms with Gasteiger partial charge in [-0.2, -0.15) is 0 Å². The predicted octanol–water partition coefficient (Wildman–Crippen LogP) is 4.55. The van der Waals surface area contributed by atoms with E-state index in [2.05, 4.69) is 47.0 Å². The lowest BCUT2D eigenvalue weighted by Crippen LogP contribution is -2.31. The van der Waals surface area contributed by atoms with Gasteiger partial charge in [-0.3, -0.25) is 9.88 Å². The lowest BCUT2D eigenvalue weighted by molar-refractivity contribution is 0.288. The lowest BCUT2D eigenvalue weighted by Gasteiger charge is -2.26. The molecule has 0 aliphatic carbocycles. The Morgan fingerprint density at radius 2 is 2.04 bits per heavy atom. The Balaban J connectivity index is 2.82. The minimum atomic E-state index is 0.785. The van der Waals surface area contributed by atoms with Crippen molar-refractivity contribution in [2.45, 2.75) is 20.4 Å². The highest BCUT2D eigenvalue weighted by Gasteiger charge is 2.10. The number of nitrogens with zero attached hydrogens (tertiary/aromatic N) is 3. The molecule has 128 valence electrons. The molecule has 24 heavy (non-hydrogen) atoms. The molecule has 0 amide bonds. The smallest absolute Gasteiger partial charge is 0.0544 e. The minimum absolute atomic E-state index is 0.785. The molecule has 0 unspecified atom stereocenters. The van der Waals surface area contributed by atoms with Crippen molar-refractivity contribution in [1.82, 2.24) is 14.8 Å². The van der Waals surface area contributed by atoms with Crippen LogP contribution in [0.4, 0.5) is 0 Å². The monoisotopic (exact) mass is 323 g/mol. The summed E-state index contributed by atoms with van der Waals surface area (Å²) in [6, 6.07) is 6.02. The zero-order valence-electron chi connectivity index (χ0n) is 15.2.